The van der Waals surface area contributed by atoms with E-state index >= 15 is 0 Å². The molecule has 1 rings (SSSR count). The van der Waals surface area contributed by atoms with Crippen molar-refractivity contribution in [3.8, 4) is 0 Å². The molecule has 0 aliphatic rings. The Hall–Kier alpha value is -1.71. The monoisotopic (exact) mass is 153 g/mol. The summed E-state index contributed by atoms with van der Waals surface area (Å²) < 4.78 is 4.86. The molecule has 3 N–H and O–H groups in total. The molecule has 1 heterocycles. The normalized spacial score (nSPS) is 10.5. The third kappa shape index (κ3) is 2.17. The Labute approximate surface area is 62.9 Å². The highest BCUT2D eigenvalue weighted by Gasteiger charge is 1.93. The van der Waals surface area contributed by atoms with E-state index in [9.17, 15) is 4.79 Å². The summed E-state index contributed by atoms with van der Waals surface area (Å²) in [5, 5.41) is 8.22. The number of carboxylic acid groups (broad SMARTS) is 1. The fraction of sp³-hybridized carbons (Fsp3) is 0. The molecule has 4 heteroatoms. The molecule has 0 fully saturated rings. The van der Waals surface area contributed by atoms with Gasteiger partial charge in [0.15, 0.2) is 5.88 Å². The van der Waals surface area contributed by atoms with Crippen molar-refractivity contribution in [3.63, 3.8) is 0 Å². The predicted molar refractivity (Wildman–Crippen MR) is 39.8 cm³/mol. The summed E-state index contributed by atoms with van der Waals surface area (Å²) in [6.45, 7) is 0. The Kier molecular flexibility index (Phi) is 1.96. The van der Waals surface area contributed by atoms with Crippen LogP contribution in [-0.2, 0) is 4.79 Å². The van der Waals surface area contributed by atoms with Crippen LogP contribution < -0.4 is 5.73 Å². The quantitative estimate of drug-likeness (QED) is 0.620. The fourth-order valence-corrected chi connectivity index (χ4v) is 0.611. The van der Waals surface area contributed by atoms with Gasteiger partial charge in [-0.15, -0.1) is 0 Å². The van der Waals surface area contributed by atoms with Gasteiger partial charge in [-0.1, -0.05) is 0 Å². The predicted octanol–water partition coefficient (Wildman–Crippen LogP) is 0.960. The molecule has 0 radical (unpaired) electrons. The van der Waals surface area contributed by atoms with Crippen molar-refractivity contribution in [1.82, 2.24) is 0 Å². The van der Waals surface area contributed by atoms with Crippen LogP contribution in [0.15, 0.2) is 22.6 Å². The van der Waals surface area contributed by atoms with E-state index in [0.29, 0.717) is 5.76 Å². The molecule has 0 saturated heterocycles. The fourth-order valence-electron chi connectivity index (χ4n) is 0.611. The van der Waals surface area contributed by atoms with E-state index in [0.717, 1.165) is 6.08 Å². The van der Waals surface area contributed by atoms with E-state index in [2.05, 4.69) is 0 Å². The molecule has 58 valence electrons. The van der Waals surface area contributed by atoms with Crippen molar-refractivity contribution < 1.29 is 14.3 Å². The number of nitrogens with two attached hydrogens (primary N) is 1. The highest BCUT2D eigenvalue weighted by molar-refractivity contribution is 5.84. The summed E-state index contributed by atoms with van der Waals surface area (Å²) in [6.07, 6.45) is 2.32. The van der Waals surface area contributed by atoms with Crippen LogP contribution in [0.3, 0.4) is 0 Å². The average molecular weight is 153 g/mol. The number of rotatable bonds is 2. The first kappa shape index (κ1) is 7.40. The highest BCUT2D eigenvalue weighted by atomic mass is 16.4. The van der Waals surface area contributed by atoms with Crippen LogP contribution in [0.2, 0.25) is 0 Å². The second-order valence-electron chi connectivity index (χ2n) is 1.91. The Morgan fingerprint density at radius 3 is 2.82 bits per heavy atom. The maximum atomic E-state index is 10.0. The van der Waals surface area contributed by atoms with E-state index in [1.165, 1.54) is 6.08 Å². The van der Waals surface area contributed by atoms with Crippen molar-refractivity contribution in [1.29, 1.82) is 0 Å². The van der Waals surface area contributed by atoms with E-state index in [-0.39, 0.29) is 5.88 Å². The smallest absolute Gasteiger partial charge is 0.328 e. The number of carboxylic acids is 1. The molecular formula is C7H7NO3. The molecule has 0 amide bonds. The molecule has 0 bridgehead atoms. The molecule has 0 saturated carbocycles. The van der Waals surface area contributed by atoms with Gasteiger partial charge in [-0.25, -0.2) is 4.79 Å². The summed E-state index contributed by atoms with van der Waals surface area (Å²) in [5.74, 6) is -0.306. The summed E-state index contributed by atoms with van der Waals surface area (Å²) in [5.41, 5.74) is 5.24. The van der Waals surface area contributed by atoms with Crippen LogP contribution in [0.5, 0.6) is 0 Å². The van der Waals surface area contributed by atoms with Crippen molar-refractivity contribution in [3.05, 3.63) is 24.0 Å². The van der Waals surface area contributed by atoms with Gasteiger partial charge in [0.25, 0.3) is 0 Å². The van der Waals surface area contributed by atoms with Crippen molar-refractivity contribution in [2.75, 3.05) is 5.73 Å². The van der Waals surface area contributed by atoms with Crippen LogP contribution in [0.25, 0.3) is 6.08 Å². The van der Waals surface area contributed by atoms with Gasteiger partial charge in [0, 0.05) is 12.1 Å². The number of carbonyl (C=O) groups is 1. The van der Waals surface area contributed by atoms with Gasteiger partial charge < -0.3 is 15.3 Å². The lowest BCUT2D eigenvalue weighted by molar-refractivity contribution is -0.131. The van der Waals surface area contributed by atoms with Gasteiger partial charge in [0.2, 0.25) is 0 Å². The number of nitrogen functional groups attached to an aromatic ring is 1. The first-order valence-corrected chi connectivity index (χ1v) is 2.95. The number of furan rings is 1. The second-order valence-corrected chi connectivity index (χ2v) is 1.91. The molecular weight excluding hydrogens is 146 g/mol. The maximum absolute atomic E-state index is 10.0. The van der Waals surface area contributed by atoms with E-state index in [1.807, 2.05) is 0 Å². The minimum atomic E-state index is -1.01. The first-order valence-electron chi connectivity index (χ1n) is 2.95. The molecule has 0 aliphatic carbocycles. The Morgan fingerprint density at radius 1 is 1.64 bits per heavy atom. The van der Waals surface area contributed by atoms with Crippen LogP contribution in [0.4, 0.5) is 5.88 Å². The Bertz CT molecular complexity index is 288. The number of hydrogen-bond acceptors (Lipinski definition) is 3. The highest BCUT2D eigenvalue weighted by Crippen LogP contribution is 2.09. The summed E-state index contributed by atoms with van der Waals surface area (Å²) in [7, 11) is 0. The first-order chi connectivity index (χ1) is 5.18. The zero-order valence-electron chi connectivity index (χ0n) is 5.65. The van der Waals surface area contributed by atoms with Crippen molar-refractivity contribution in [2.45, 2.75) is 0 Å². The largest absolute Gasteiger partial charge is 0.478 e. The van der Waals surface area contributed by atoms with Gasteiger partial charge in [0.05, 0.1) is 0 Å². The van der Waals surface area contributed by atoms with Crippen molar-refractivity contribution in [2.24, 2.45) is 0 Å². The third-order valence-electron chi connectivity index (χ3n) is 1.04. The van der Waals surface area contributed by atoms with Crippen LogP contribution in [0, 0.1) is 0 Å². The maximum Gasteiger partial charge on any atom is 0.328 e. The van der Waals surface area contributed by atoms with Gasteiger partial charge >= 0.3 is 5.97 Å². The molecule has 4 nitrogen and oxygen atoms in total. The van der Waals surface area contributed by atoms with Gasteiger partial charge in [-0.3, -0.25) is 0 Å². The lowest BCUT2D eigenvalue weighted by Crippen LogP contribution is -1.84. The zero-order valence-corrected chi connectivity index (χ0v) is 5.65. The molecule has 0 aliphatic heterocycles. The lowest BCUT2D eigenvalue weighted by Gasteiger charge is -1.82. The Balaban J connectivity index is 2.71. The molecule has 1 aromatic heterocycles. The van der Waals surface area contributed by atoms with Crippen LogP contribution in [-0.4, -0.2) is 11.1 Å². The second kappa shape index (κ2) is 2.92. The SMILES string of the molecule is Nc1ccc(/C=C/C(=O)O)o1. The van der Waals surface area contributed by atoms with Crippen molar-refractivity contribution >= 4 is 17.9 Å². The van der Waals surface area contributed by atoms with Gasteiger partial charge in [0.1, 0.15) is 5.76 Å². The molecule has 0 spiro atoms. The van der Waals surface area contributed by atoms with Gasteiger partial charge in [-0.2, -0.15) is 0 Å². The average Bonchev–Trinajstić information content (AvgIpc) is 2.31. The Morgan fingerprint density at radius 2 is 2.36 bits per heavy atom. The minimum absolute atomic E-state index is 0.273. The molecule has 11 heavy (non-hydrogen) atoms. The molecule has 0 atom stereocenters. The van der Waals surface area contributed by atoms with Crippen LogP contribution >= 0.6 is 0 Å². The standard InChI is InChI=1S/C7H7NO3/c8-6-3-1-5(11-6)2-4-7(9)10/h1-4H,8H2,(H,9,10)/b4-2+. The third-order valence-corrected chi connectivity index (χ3v) is 1.04. The van der Waals surface area contributed by atoms with E-state index in [4.69, 9.17) is 15.3 Å². The number of anilines is 1. The minimum Gasteiger partial charge on any atom is -0.478 e. The number of aliphatic carboxylic acids is 1. The lowest BCUT2D eigenvalue weighted by atomic mass is 10.4. The van der Waals surface area contributed by atoms with E-state index < -0.39 is 5.97 Å². The topological polar surface area (TPSA) is 76.5 Å². The zero-order chi connectivity index (χ0) is 8.27. The number of hydrogen-bond donors (Lipinski definition) is 2. The molecule has 0 aromatic carbocycles. The van der Waals surface area contributed by atoms with Crippen LogP contribution in [0.1, 0.15) is 5.76 Å². The molecule has 1 aromatic rings. The van der Waals surface area contributed by atoms with E-state index in [1.54, 1.807) is 12.1 Å². The molecule has 0 unspecified atom stereocenters. The summed E-state index contributed by atoms with van der Waals surface area (Å²) in [6, 6.07) is 3.15. The van der Waals surface area contributed by atoms with Gasteiger partial charge in [-0.05, 0) is 12.1 Å². The summed E-state index contributed by atoms with van der Waals surface area (Å²) >= 11 is 0. The summed E-state index contributed by atoms with van der Waals surface area (Å²) in [4.78, 5) is 10.0.